The summed E-state index contributed by atoms with van der Waals surface area (Å²) in [5.41, 5.74) is 0.405. The van der Waals surface area contributed by atoms with Gasteiger partial charge in [0, 0.05) is 16.8 Å². The predicted octanol–water partition coefficient (Wildman–Crippen LogP) is 3.51. The number of hydrogen-bond donors (Lipinski definition) is 2. The first-order valence-electron chi connectivity index (χ1n) is 6.77. The Morgan fingerprint density at radius 1 is 1.44 bits per heavy atom. The fraction of sp³-hybridized carbons (Fsp3) is 0.643. The highest BCUT2D eigenvalue weighted by Gasteiger charge is 2.13. The van der Waals surface area contributed by atoms with Gasteiger partial charge >= 0.3 is 5.97 Å². The largest absolute Gasteiger partial charge is 0.478 e. The van der Waals surface area contributed by atoms with Crippen molar-refractivity contribution in [2.24, 2.45) is 5.92 Å². The third-order valence-electron chi connectivity index (χ3n) is 3.64. The molecule has 18 heavy (non-hydrogen) atoms. The molecule has 1 fully saturated rings. The van der Waals surface area contributed by atoms with Gasteiger partial charge in [0.15, 0.2) is 0 Å². The Morgan fingerprint density at radius 2 is 2.22 bits per heavy atom. The van der Waals surface area contributed by atoms with Crippen molar-refractivity contribution in [3.05, 3.63) is 21.9 Å². The molecule has 0 bridgehead atoms. The summed E-state index contributed by atoms with van der Waals surface area (Å²) >= 11 is 1.52. The minimum atomic E-state index is -0.835. The van der Waals surface area contributed by atoms with Crippen molar-refractivity contribution in [1.29, 1.82) is 0 Å². The van der Waals surface area contributed by atoms with E-state index in [-0.39, 0.29) is 0 Å². The van der Waals surface area contributed by atoms with Crippen LogP contribution in [0.1, 0.15) is 53.8 Å². The van der Waals surface area contributed by atoms with Gasteiger partial charge in [0.2, 0.25) is 0 Å². The quantitative estimate of drug-likeness (QED) is 0.743. The number of carboxylic acid groups (broad SMARTS) is 1. The lowest BCUT2D eigenvalue weighted by Crippen LogP contribution is -2.14. The Hall–Kier alpha value is -0.870. The highest BCUT2D eigenvalue weighted by atomic mass is 32.1. The van der Waals surface area contributed by atoms with Crippen LogP contribution < -0.4 is 5.32 Å². The average Bonchev–Trinajstić information content (AvgIpc) is 2.98. The Balaban J connectivity index is 1.58. The summed E-state index contributed by atoms with van der Waals surface area (Å²) in [4.78, 5) is 11.8. The summed E-state index contributed by atoms with van der Waals surface area (Å²) in [6.07, 6.45) is 8.27. The van der Waals surface area contributed by atoms with Gasteiger partial charge in [0.25, 0.3) is 0 Å². The summed E-state index contributed by atoms with van der Waals surface area (Å²) in [7, 11) is 0. The molecule has 2 N–H and O–H groups in total. The van der Waals surface area contributed by atoms with Crippen LogP contribution in [0.5, 0.6) is 0 Å². The van der Waals surface area contributed by atoms with E-state index in [0.717, 1.165) is 23.9 Å². The summed E-state index contributed by atoms with van der Waals surface area (Å²) in [5, 5.41) is 13.9. The highest BCUT2D eigenvalue weighted by Crippen LogP contribution is 2.28. The van der Waals surface area contributed by atoms with Gasteiger partial charge < -0.3 is 10.4 Å². The molecule has 4 heteroatoms. The van der Waals surface area contributed by atoms with Gasteiger partial charge in [-0.1, -0.05) is 25.7 Å². The predicted molar refractivity (Wildman–Crippen MR) is 74.2 cm³/mol. The number of nitrogens with one attached hydrogen (secondary N) is 1. The lowest BCUT2D eigenvalue weighted by molar-refractivity contribution is 0.0697. The molecule has 1 saturated carbocycles. The smallest absolute Gasteiger partial charge is 0.336 e. The van der Waals surface area contributed by atoms with E-state index in [9.17, 15) is 4.79 Å². The first-order chi connectivity index (χ1) is 8.75. The third kappa shape index (κ3) is 4.10. The maximum atomic E-state index is 10.7. The van der Waals surface area contributed by atoms with Crippen molar-refractivity contribution in [3.8, 4) is 0 Å². The lowest BCUT2D eigenvalue weighted by Gasteiger charge is -2.08. The van der Waals surface area contributed by atoms with E-state index in [2.05, 4.69) is 5.32 Å². The molecule has 1 aliphatic carbocycles. The molecule has 0 radical (unpaired) electrons. The molecule has 1 aliphatic rings. The van der Waals surface area contributed by atoms with Gasteiger partial charge in [-0.2, -0.15) is 0 Å². The summed E-state index contributed by atoms with van der Waals surface area (Å²) in [5.74, 6) is 0.130. The van der Waals surface area contributed by atoms with E-state index in [1.165, 1.54) is 49.9 Å². The van der Waals surface area contributed by atoms with Crippen molar-refractivity contribution in [2.75, 3.05) is 6.54 Å². The normalized spacial score (nSPS) is 16.2. The van der Waals surface area contributed by atoms with Gasteiger partial charge in [-0.25, -0.2) is 4.79 Å². The van der Waals surface area contributed by atoms with E-state index in [1.54, 1.807) is 11.4 Å². The van der Waals surface area contributed by atoms with Crippen molar-refractivity contribution in [3.63, 3.8) is 0 Å². The number of thiophene rings is 1. The van der Waals surface area contributed by atoms with Crippen LogP contribution in [0.15, 0.2) is 11.4 Å². The summed E-state index contributed by atoms with van der Waals surface area (Å²) in [6.45, 7) is 1.83. The van der Waals surface area contributed by atoms with Crippen molar-refractivity contribution < 1.29 is 9.90 Å². The molecular weight excluding hydrogens is 246 g/mol. The van der Waals surface area contributed by atoms with Gasteiger partial charge in [-0.3, -0.25) is 0 Å². The molecular formula is C14H21NO2S. The summed E-state index contributed by atoms with van der Waals surface area (Å²) < 4.78 is 0. The topological polar surface area (TPSA) is 49.3 Å². The molecule has 0 unspecified atom stereocenters. The van der Waals surface area contributed by atoms with E-state index in [1.807, 2.05) is 0 Å². The van der Waals surface area contributed by atoms with Gasteiger partial charge in [-0.15, -0.1) is 11.3 Å². The van der Waals surface area contributed by atoms with Crippen LogP contribution in [0.2, 0.25) is 0 Å². The number of rotatable bonds is 7. The zero-order chi connectivity index (χ0) is 12.8. The Labute approximate surface area is 112 Å². The molecule has 1 aromatic rings. The molecule has 0 saturated heterocycles. The van der Waals surface area contributed by atoms with E-state index in [0.29, 0.717) is 5.56 Å². The van der Waals surface area contributed by atoms with Gasteiger partial charge in [0.1, 0.15) is 0 Å². The molecule has 0 aromatic carbocycles. The van der Waals surface area contributed by atoms with Crippen molar-refractivity contribution in [2.45, 2.75) is 45.1 Å². The Bertz CT molecular complexity index is 383. The number of aromatic carboxylic acids is 1. The lowest BCUT2D eigenvalue weighted by atomic mass is 10.0. The zero-order valence-corrected chi connectivity index (χ0v) is 11.5. The van der Waals surface area contributed by atoms with Crippen LogP contribution in [0.4, 0.5) is 0 Å². The second kappa shape index (κ2) is 6.90. The molecule has 1 heterocycles. The minimum Gasteiger partial charge on any atom is -0.478 e. The van der Waals surface area contributed by atoms with Crippen LogP contribution in [-0.4, -0.2) is 17.6 Å². The van der Waals surface area contributed by atoms with Crippen LogP contribution in [0.3, 0.4) is 0 Å². The summed E-state index contributed by atoms with van der Waals surface area (Å²) in [6, 6.07) is 1.76. The number of carbonyl (C=O) groups is 1. The molecule has 0 amide bonds. The standard InChI is InChI=1S/C14H21NO2S/c16-14(17)12-8-13(18-10-12)9-15-7-3-6-11-4-1-2-5-11/h8,10-11,15H,1-7,9H2,(H,16,17). The third-order valence-corrected chi connectivity index (χ3v) is 4.58. The zero-order valence-electron chi connectivity index (χ0n) is 10.7. The van der Waals surface area contributed by atoms with Crippen LogP contribution in [0, 0.1) is 5.92 Å². The maximum Gasteiger partial charge on any atom is 0.336 e. The Morgan fingerprint density at radius 3 is 2.89 bits per heavy atom. The first kappa shape index (κ1) is 13.6. The van der Waals surface area contributed by atoms with E-state index < -0.39 is 5.97 Å². The van der Waals surface area contributed by atoms with Crippen LogP contribution in [0.25, 0.3) is 0 Å². The monoisotopic (exact) mass is 267 g/mol. The minimum absolute atomic E-state index is 0.405. The first-order valence-corrected chi connectivity index (χ1v) is 7.65. The van der Waals surface area contributed by atoms with Crippen LogP contribution in [-0.2, 0) is 6.54 Å². The molecule has 2 rings (SSSR count). The second-order valence-corrected chi connectivity index (χ2v) is 6.07. The van der Waals surface area contributed by atoms with Gasteiger partial charge in [0.05, 0.1) is 5.56 Å². The highest BCUT2D eigenvalue weighted by molar-refractivity contribution is 7.10. The molecule has 100 valence electrons. The fourth-order valence-corrected chi connectivity index (χ4v) is 3.44. The van der Waals surface area contributed by atoms with Crippen molar-refractivity contribution >= 4 is 17.3 Å². The van der Waals surface area contributed by atoms with E-state index >= 15 is 0 Å². The molecule has 0 spiro atoms. The average molecular weight is 267 g/mol. The van der Waals surface area contributed by atoms with E-state index in [4.69, 9.17) is 5.11 Å². The maximum absolute atomic E-state index is 10.7. The second-order valence-electron chi connectivity index (χ2n) is 5.08. The number of carboxylic acids is 1. The fourth-order valence-electron chi connectivity index (χ4n) is 2.61. The van der Waals surface area contributed by atoms with Crippen molar-refractivity contribution in [1.82, 2.24) is 5.32 Å². The molecule has 3 nitrogen and oxygen atoms in total. The Kier molecular flexibility index (Phi) is 5.20. The van der Waals surface area contributed by atoms with Gasteiger partial charge in [-0.05, 0) is 31.4 Å². The molecule has 1 aromatic heterocycles. The number of hydrogen-bond acceptors (Lipinski definition) is 3. The van der Waals surface area contributed by atoms with Crippen LogP contribution >= 0.6 is 11.3 Å². The molecule has 0 atom stereocenters. The SMILES string of the molecule is O=C(O)c1csc(CNCCCC2CCCC2)c1. The molecule has 0 aliphatic heterocycles.